The van der Waals surface area contributed by atoms with E-state index in [2.05, 4.69) is 4.90 Å². The van der Waals surface area contributed by atoms with E-state index in [4.69, 9.17) is 0 Å². The van der Waals surface area contributed by atoms with Crippen molar-refractivity contribution < 1.29 is 4.79 Å². The first-order chi connectivity index (χ1) is 7.36. The molecule has 0 N–H and O–H groups in total. The molecule has 0 saturated carbocycles. The van der Waals surface area contributed by atoms with E-state index in [0.717, 1.165) is 18.7 Å². The van der Waals surface area contributed by atoms with Gasteiger partial charge in [-0.3, -0.25) is 4.79 Å². The average molecular weight is 201 g/mol. The summed E-state index contributed by atoms with van der Waals surface area (Å²) in [6.45, 7) is 2.16. The normalized spacial score (nSPS) is 16.1. The SMILES string of the molecule is O=C(/C=C/N1CCCC1)c1ccccc1. The molecule has 0 radical (unpaired) electrons. The Morgan fingerprint density at radius 2 is 1.80 bits per heavy atom. The quantitative estimate of drug-likeness (QED) is 0.553. The number of ketones is 1. The molecule has 2 rings (SSSR count). The van der Waals surface area contributed by atoms with Crippen LogP contribution in [0.3, 0.4) is 0 Å². The predicted octanol–water partition coefficient (Wildman–Crippen LogP) is 2.48. The Morgan fingerprint density at radius 1 is 1.13 bits per heavy atom. The van der Waals surface area contributed by atoms with Crippen molar-refractivity contribution in [2.24, 2.45) is 0 Å². The minimum absolute atomic E-state index is 0.0856. The Bertz CT molecular complexity index is 350. The van der Waals surface area contributed by atoms with Gasteiger partial charge in [-0.2, -0.15) is 0 Å². The highest BCUT2D eigenvalue weighted by atomic mass is 16.1. The van der Waals surface area contributed by atoms with Crippen molar-refractivity contribution in [3.8, 4) is 0 Å². The standard InChI is InChI=1S/C13H15NO/c15-13(12-6-2-1-3-7-12)8-11-14-9-4-5-10-14/h1-3,6-8,11H,4-5,9-10H2/b11-8+. The van der Waals surface area contributed by atoms with Gasteiger partial charge >= 0.3 is 0 Å². The van der Waals surface area contributed by atoms with Gasteiger partial charge in [0.1, 0.15) is 0 Å². The molecule has 1 fully saturated rings. The Labute approximate surface area is 90.2 Å². The molecule has 1 heterocycles. The highest BCUT2D eigenvalue weighted by Crippen LogP contribution is 2.08. The molecule has 78 valence electrons. The molecule has 0 bridgehead atoms. The smallest absolute Gasteiger partial charge is 0.187 e. The molecule has 0 spiro atoms. The first-order valence-corrected chi connectivity index (χ1v) is 5.38. The second-order valence-corrected chi connectivity index (χ2v) is 3.79. The molecular weight excluding hydrogens is 186 g/mol. The summed E-state index contributed by atoms with van der Waals surface area (Å²) in [5, 5.41) is 0. The lowest BCUT2D eigenvalue weighted by Crippen LogP contribution is -2.11. The molecule has 1 aromatic carbocycles. The van der Waals surface area contributed by atoms with Gasteiger partial charge in [-0.1, -0.05) is 30.3 Å². The Kier molecular flexibility index (Phi) is 3.18. The topological polar surface area (TPSA) is 20.3 Å². The van der Waals surface area contributed by atoms with E-state index in [-0.39, 0.29) is 5.78 Å². The number of hydrogen-bond donors (Lipinski definition) is 0. The van der Waals surface area contributed by atoms with E-state index >= 15 is 0 Å². The van der Waals surface area contributed by atoms with Crippen LogP contribution in [0.15, 0.2) is 42.6 Å². The molecule has 0 unspecified atom stereocenters. The molecule has 0 atom stereocenters. The zero-order valence-electron chi connectivity index (χ0n) is 8.73. The molecule has 2 heteroatoms. The maximum Gasteiger partial charge on any atom is 0.187 e. The van der Waals surface area contributed by atoms with Gasteiger partial charge in [0, 0.05) is 30.9 Å². The summed E-state index contributed by atoms with van der Waals surface area (Å²) in [6, 6.07) is 9.38. The van der Waals surface area contributed by atoms with Crippen molar-refractivity contribution in [1.29, 1.82) is 0 Å². The fraction of sp³-hybridized carbons (Fsp3) is 0.308. The van der Waals surface area contributed by atoms with Crippen LogP contribution in [-0.4, -0.2) is 23.8 Å². The van der Waals surface area contributed by atoms with E-state index in [0.29, 0.717) is 0 Å². The molecule has 0 aromatic heterocycles. The summed E-state index contributed by atoms with van der Waals surface area (Å²) < 4.78 is 0. The lowest BCUT2D eigenvalue weighted by Gasteiger charge is -2.09. The number of nitrogens with zero attached hydrogens (tertiary/aromatic N) is 1. The van der Waals surface area contributed by atoms with E-state index in [1.807, 2.05) is 36.5 Å². The maximum absolute atomic E-state index is 11.7. The van der Waals surface area contributed by atoms with Crippen molar-refractivity contribution in [2.45, 2.75) is 12.8 Å². The van der Waals surface area contributed by atoms with Gasteiger partial charge < -0.3 is 4.90 Å². The third-order valence-electron chi connectivity index (χ3n) is 2.64. The van der Waals surface area contributed by atoms with Crippen molar-refractivity contribution >= 4 is 5.78 Å². The van der Waals surface area contributed by atoms with E-state index in [9.17, 15) is 4.79 Å². The van der Waals surface area contributed by atoms with Crippen LogP contribution in [0.4, 0.5) is 0 Å². The molecule has 15 heavy (non-hydrogen) atoms. The minimum atomic E-state index is 0.0856. The van der Waals surface area contributed by atoms with Crippen LogP contribution in [0.5, 0.6) is 0 Å². The lowest BCUT2D eigenvalue weighted by atomic mass is 10.1. The maximum atomic E-state index is 11.7. The predicted molar refractivity (Wildman–Crippen MR) is 60.7 cm³/mol. The number of likely N-dealkylation sites (tertiary alicyclic amines) is 1. The molecule has 1 saturated heterocycles. The van der Waals surface area contributed by atoms with Gasteiger partial charge in [0.05, 0.1) is 0 Å². The van der Waals surface area contributed by atoms with Crippen LogP contribution in [0.25, 0.3) is 0 Å². The number of carbonyl (C=O) groups is 1. The molecule has 1 aliphatic heterocycles. The number of allylic oxidation sites excluding steroid dienone is 1. The molecule has 1 aromatic rings. The fourth-order valence-electron chi connectivity index (χ4n) is 1.76. The largest absolute Gasteiger partial charge is 0.377 e. The zero-order valence-corrected chi connectivity index (χ0v) is 8.73. The lowest BCUT2D eigenvalue weighted by molar-refractivity contribution is 0.104. The van der Waals surface area contributed by atoms with Crippen LogP contribution in [0.2, 0.25) is 0 Å². The van der Waals surface area contributed by atoms with Crippen molar-refractivity contribution in [3.63, 3.8) is 0 Å². The number of hydrogen-bond acceptors (Lipinski definition) is 2. The van der Waals surface area contributed by atoms with Crippen molar-refractivity contribution in [1.82, 2.24) is 4.90 Å². The summed E-state index contributed by atoms with van der Waals surface area (Å²) in [6.07, 6.45) is 6.07. The summed E-state index contributed by atoms with van der Waals surface area (Å²) >= 11 is 0. The van der Waals surface area contributed by atoms with E-state index < -0.39 is 0 Å². The van der Waals surface area contributed by atoms with Crippen LogP contribution < -0.4 is 0 Å². The average Bonchev–Trinajstić information content (AvgIpc) is 2.80. The second kappa shape index (κ2) is 4.78. The Hall–Kier alpha value is -1.57. The summed E-state index contributed by atoms with van der Waals surface area (Å²) in [4.78, 5) is 13.9. The molecule has 0 amide bonds. The fourth-order valence-corrected chi connectivity index (χ4v) is 1.76. The van der Waals surface area contributed by atoms with Crippen molar-refractivity contribution in [2.75, 3.05) is 13.1 Å². The highest BCUT2D eigenvalue weighted by molar-refractivity contribution is 6.04. The third kappa shape index (κ3) is 2.69. The zero-order chi connectivity index (χ0) is 10.5. The van der Waals surface area contributed by atoms with Crippen LogP contribution in [-0.2, 0) is 0 Å². The third-order valence-corrected chi connectivity index (χ3v) is 2.64. The van der Waals surface area contributed by atoms with Gasteiger partial charge in [0.15, 0.2) is 5.78 Å². The van der Waals surface area contributed by atoms with Gasteiger partial charge in [0.2, 0.25) is 0 Å². The summed E-state index contributed by atoms with van der Waals surface area (Å²) in [7, 11) is 0. The number of carbonyl (C=O) groups excluding carboxylic acids is 1. The van der Waals surface area contributed by atoms with Crippen LogP contribution >= 0.6 is 0 Å². The second-order valence-electron chi connectivity index (χ2n) is 3.79. The number of rotatable bonds is 3. The first-order valence-electron chi connectivity index (χ1n) is 5.38. The molecule has 2 nitrogen and oxygen atoms in total. The van der Waals surface area contributed by atoms with Gasteiger partial charge in [-0.25, -0.2) is 0 Å². The number of benzene rings is 1. The van der Waals surface area contributed by atoms with Gasteiger partial charge in [-0.15, -0.1) is 0 Å². The molecule has 0 aliphatic carbocycles. The van der Waals surface area contributed by atoms with Crippen LogP contribution in [0, 0.1) is 0 Å². The molecular formula is C13H15NO. The summed E-state index contributed by atoms with van der Waals surface area (Å²) in [5.41, 5.74) is 0.757. The minimum Gasteiger partial charge on any atom is -0.377 e. The van der Waals surface area contributed by atoms with Crippen molar-refractivity contribution in [3.05, 3.63) is 48.2 Å². The van der Waals surface area contributed by atoms with E-state index in [1.165, 1.54) is 12.8 Å². The highest BCUT2D eigenvalue weighted by Gasteiger charge is 2.07. The van der Waals surface area contributed by atoms with E-state index in [1.54, 1.807) is 6.08 Å². The monoisotopic (exact) mass is 201 g/mol. The van der Waals surface area contributed by atoms with Gasteiger partial charge in [0.25, 0.3) is 0 Å². The Balaban J connectivity index is 1.97. The Morgan fingerprint density at radius 3 is 2.47 bits per heavy atom. The first kappa shape index (κ1) is 9.97. The van der Waals surface area contributed by atoms with Gasteiger partial charge in [-0.05, 0) is 12.8 Å². The summed E-state index contributed by atoms with van der Waals surface area (Å²) in [5.74, 6) is 0.0856. The van der Waals surface area contributed by atoms with Crippen LogP contribution in [0.1, 0.15) is 23.2 Å². The molecule has 1 aliphatic rings.